The highest BCUT2D eigenvalue weighted by molar-refractivity contribution is 7.83. The monoisotopic (exact) mass is 185 g/mol. The van der Waals surface area contributed by atoms with Crippen LogP contribution >= 0.6 is 0 Å². The van der Waals surface area contributed by atoms with E-state index in [9.17, 15) is 9.00 Å². The molecule has 0 heterocycles. The van der Waals surface area contributed by atoms with Crippen LogP contribution in [0.3, 0.4) is 0 Å². The summed E-state index contributed by atoms with van der Waals surface area (Å²) in [6.07, 6.45) is 6.57. The first-order valence-electron chi connectivity index (χ1n) is 3.29. The van der Waals surface area contributed by atoms with Crippen molar-refractivity contribution in [2.24, 2.45) is 4.99 Å². The van der Waals surface area contributed by atoms with Crippen molar-refractivity contribution in [3.8, 4) is 0 Å². The second kappa shape index (κ2) is 4.11. The lowest BCUT2D eigenvalue weighted by atomic mass is 10.1. The first kappa shape index (κ1) is 9.06. The van der Waals surface area contributed by atoms with Crippen molar-refractivity contribution in [2.45, 2.75) is 12.5 Å². The van der Waals surface area contributed by atoms with Crippen LogP contribution in [0.5, 0.6) is 0 Å². The number of rotatable bonds is 2. The first-order valence-corrected chi connectivity index (χ1v) is 4.40. The van der Waals surface area contributed by atoms with Gasteiger partial charge < -0.3 is 4.55 Å². The van der Waals surface area contributed by atoms with Crippen LogP contribution in [0.25, 0.3) is 0 Å². The molecule has 2 atom stereocenters. The summed E-state index contributed by atoms with van der Waals surface area (Å²) in [6, 6.07) is -0.335. The molecular weight excluding hydrogens is 178 g/mol. The minimum absolute atomic E-state index is 0.314. The zero-order valence-corrected chi connectivity index (χ0v) is 6.95. The number of allylic oxidation sites excluding steroid dienone is 2. The van der Waals surface area contributed by atoms with E-state index in [1.165, 1.54) is 6.08 Å². The smallest absolute Gasteiger partial charge is 0.235 e. The number of isocyanates is 1. The van der Waals surface area contributed by atoms with Crippen LogP contribution in [0.1, 0.15) is 6.42 Å². The van der Waals surface area contributed by atoms with Gasteiger partial charge in [-0.1, -0.05) is 12.2 Å². The molecule has 1 aliphatic carbocycles. The van der Waals surface area contributed by atoms with Gasteiger partial charge in [0, 0.05) is 11.3 Å². The fourth-order valence-electron chi connectivity index (χ4n) is 0.919. The summed E-state index contributed by atoms with van der Waals surface area (Å²) in [4.78, 5) is 13.7. The van der Waals surface area contributed by atoms with E-state index in [0.29, 0.717) is 11.3 Å². The first-order chi connectivity index (χ1) is 5.74. The van der Waals surface area contributed by atoms with Crippen LogP contribution in [0, 0.1) is 0 Å². The van der Waals surface area contributed by atoms with Gasteiger partial charge in [-0.15, -0.1) is 0 Å². The Kier molecular flexibility index (Phi) is 3.10. The molecule has 0 radical (unpaired) electrons. The Labute approximate surface area is 72.0 Å². The maximum atomic E-state index is 10.6. The van der Waals surface area contributed by atoms with Gasteiger partial charge in [0.05, 0.1) is 6.04 Å². The molecule has 0 spiro atoms. The molecule has 64 valence electrons. The van der Waals surface area contributed by atoms with E-state index < -0.39 is 11.1 Å². The Bertz CT molecular complexity index is 302. The molecule has 5 heteroatoms. The second-order valence-electron chi connectivity index (χ2n) is 2.26. The molecule has 0 aromatic rings. The van der Waals surface area contributed by atoms with E-state index >= 15 is 0 Å². The number of hydrogen-bond donors (Lipinski definition) is 1. The van der Waals surface area contributed by atoms with Gasteiger partial charge in [-0.3, -0.25) is 0 Å². The molecule has 2 unspecified atom stereocenters. The quantitative estimate of drug-likeness (QED) is 0.392. The molecule has 0 aromatic heterocycles. The van der Waals surface area contributed by atoms with Gasteiger partial charge in [-0.25, -0.2) is 9.00 Å². The highest BCUT2D eigenvalue weighted by atomic mass is 32.2. The van der Waals surface area contributed by atoms with Crippen LogP contribution in [0.15, 0.2) is 28.1 Å². The van der Waals surface area contributed by atoms with Crippen molar-refractivity contribution in [1.82, 2.24) is 0 Å². The van der Waals surface area contributed by atoms with Crippen molar-refractivity contribution >= 4 is 17.2 Å². The molecule has 0 aliphatic heterocycles. The Morgan fingerprint density at radius 1 is 1.75 bits per heavy atom. The zero-order valence-electron chi connectivity index (χ0n) is 6.14. The topological polar surface area (TPSA) is 66.7 Å². The lowest BCUT2D eigenvalue weighted by Crippen LogP contribution is -2.07. The van der Waals surface area contributed by atoms with E-state index in [-0.39, 0.29) is 6.04 Å². The van der Waals surface area contributed by atoms with Gasteiger partial charge in [0.15, 0.2) is 11.1 Å². The molecule has 1 rings (SSSR count). The van der Waals surface area contributed by atoms with Crippen molar-refractivity contribution in [3.05, 3.63) is 23.1 Å². The molecular formula is C7H7NO3S. The molecule has 0 saturated carbocycles. The normalized spacial score (nSPS) is 24.1. The van der Waals surface area contributed by atoms with Crippen molar-refractivity contribution < 1.29 is 13.6 Å². The molecule has 0 bridgehead atoms. The molecule has 12 heavy (non-hydrogen) atoms. The second-order valence-corrected chi connectivity index (χ2v) is 3.28. The van der Waals surface area contributed by atoms with Gasteiger partial charge in [-0.2, -0.15) is 4.99 Å². The number of hydrogen-bond acceptors (Lipinski definition) is 3. The highest BCUT2D eigenvalue weighted by Crippen LogP contribution is 2.16. The molecule has 0 saturated heterocycles. The number of aliphatic imine (C=N–C) groups is 1. The van der Waals surface area contributed by atoms with Crippen LogP contribution in [-0.2, 0) is 15.9 Å². The molecule has 4 nitrogen and oxygen atoms in total. The van der Waals surface area contributed by atoms with E-state index in [0.717, 1.165) is 0 Å². The predicted octanol–water partition coefficient (Wildman–Crippen LogP) is 0.756. The Hall–Kier alpha value is -1.03. The van der Waals surface area contributed by atoms with Crippen LogP contribution < -0.4 is 0 Å². The zero-order chi connectivity index (χ0) is 8.97. The van der Waals surface area contributed by atoms with Crippen LogP contribution in [0.4, 0.5) is 0 Å². The summed E-state index contributed by atoms with van der Waals surface area (Å²) in [5.74, 6) is 0. The van der Waals surface area contributed by atoms with Gasteiger partial charge in [0.25, 0.3) is 0 Å². The van der Waals surface area contributed by atoms with Crippen LogP contribution in [-0.4, -0.2) is 20.9 Å². The lowest BCUT2D eigenvalue weighted by molar-refractivity contribution is 0.557. The van der Waals surface area contributed by atoms with E-state index in [1.807, 2.05) is 0 Å². The summed E-state index contributed by atoms with van der Waals surface area (Å²) in [5, 5.41) is 0. The third-order valence-electron chi connectivity index (χ3n) is 1.47. The molecule has 0 amide bonds. The van der Waals surface area contributed by atoms with Crippen molar-refractivity contribution in [1.29, 1.82) is 0 Å². The predicted molar refractivity (Wildman–Crippen MR) is 44.5 cm³/mol. The average Bonchev–Trinajstić information content (AvgIpc) is 2.05. The highest BCUT2D eigenvalue weighted by Gasteiger charge is 2.13. The largest absolute Gasteiger partial charge is 0.302 e. The maximum Gasteiger partial charge on any atom is 0.235 e. The third-order valence-corrected chi connectivity index (χ3v) is 2.22. The number of nitrogens with zero attached hydrogens (tertiary/aromatic N) is 1. The fourth-order valence-corrected chi connectivity index (χ4v) is 1.43. The summed E-state index contributed by atoms with van der Waals surface area (Å²) in [7, 11) is 0. The standard InChI is InChI=1S/C7H7NO3S/c9-5-8-6-2-1-3-7(4-6)12(10)11/h1-3,6H,4H2,(H,10,11). The summed E-state index contributed by atoms with van der Waals surface area (Å²) >= 11 is -1.96. The van der Waals surface area contributed by atoms with Gasteiger partial charge in [0.1, 0.15) is 0 Å². The third kappa shape index (κ3) is 2.23. The van der Waals surface area contributed by atoms with E-state index in [2.05, 4.69) is 4.99 Å². The minimum atomic E-state index is -1.96. The van der Waals surface area contributed by atoms with Crippen molar-refractivity contribution in [3.63, 3.8) is 0 Å². The van der Waals surface area contributed by atoms with E-state index in [1.54, 1.807) is 18.2 Å². The van der Waals surface area contributed by atoms with Crippen LogP contribution in [0.2, 0.25) is 0 Å². The summed E-state index contributed by atoms with van der Waals surface area (Å²) in [5.41, 5.74) is 0. The fraction of sp³-hybridized carbons (Fsp3) is 0.286. The Balaban J connectivity index is 2.73. The summed E-state index contributed by atoms with van der Waals surface area (Å²) < 4.78 is 19.3. The van der Waals surface area contributed by atoms with Gasteiger partial charge in [0.2, 0.25) is 6.08 Å². The Morgan fingerprint density at radius 3 is 3.08 bits per heavy atom. The van der Waals surface area contributed by atoms with Crippen molar-refractivity contribution in [2.75, 3.05) is 0 Å². The molecule has 0 aromatic carbocycles. The number of carbonyl (C=O) groups excluding carboxylic acids is 1. The molecule has 1 aliphatic rings. The average molecular weight is 185 g/mol. The van der Waals surface area contributed by atoms with E-state index in [4.69, 9.17) is 4.55 Å². The van der Waals surface area contributed by atoms with Gasteiger partial charge >= 0.3 is 0 Å². The molecule has 0 fully saturated rings. The van der Waals surface area contributed by atoms with Gasteiger partial charge in [-0.05, 0) is 6.08 Å². The maximum absolute atomic E-state index is 10.6. The lowest BCUT2D eigenvalue weighted by Gasteiger charge is -2.09. The summed E-state index contributed by atoms with van der Waals surface area (Å²) in [6.45, 7) is 0. The molecule has 1 N–H and O–H groups in total. The SMILES string of the molecule is O=C=NC1C=CC=C(S(=O)O)C1. The minimum Gasteiger partial charge on any atom is -0.302 e. The Morgan fingerprint density at radius 2 is 2.50 bits per heavy atom.